The molecule has 0 unspecified atom stereocenters. The molecule has 0 aromatic heterocycles. The number of nitro groups is 1. The molecule has 41 heavy (non-hydrogen) atoms. The fourth-order valence-corrected chi connectivity index (χ4v) is 7.02. The molecule has 1 saturated heterocycles. The fourth-order valence-electron chi connectivity index (χ4n) is 6.80. The van der Waals surface area contributed by atoms with Gasteiger partial charge in [0.2, 0.25) is 0 Å². The lowest BCUT2D eigenvalue weighted by atomic mass is 9.55. The minimum atomic E-state index is -0.671. The molecule has 8 nitrogen and oxygen atoms in total. The number of imide groups is 1. The van der Waals surface area contributed by atoms with Crippen LogP contribution in [0.2, 0.25) is 5.02 Å². The Morgan fingerprint density at radius 2 is 1.22 bits per heavy atom. The van der Waals surface area contributed by atoms with Gasteiger partial charge in [0, 0.05) is 24.0 Å². The number of hydrazine groups is 1. The zero-order valence-electron chi connectivity index (χ0n) is 21.5. The van der Waals surface area contributed by atoms with Crippen LogP contribution in [0, 0.1) is 22.0 Å². The zero-order chi connectivity index (χ0) is 28.4. The Balaban J connectivity index is 1.34. The number of non-ortho nitro benzene ring substituents is 1. The van der Waals surface area contributed by atoms with E-state index in [0.29, 0.717) is 5.56 Å². The van der Waals surface area contributed by atoms with Crippen LogP contribution < -0.4 is 0 Å². The van der Waals surface area contributed by atoms with Crippen molar-refractivity contribution in [3.8, 4) is 0 Å². The highest BCUT2D eigenvalue weighted by atomic mass is 35.5. The van der Waals surface area contributed by atoms with Crippen molar-refractivity contribution in [2.75, 3.05) is 0 Å². The Bertz CT molecular complexity index is 1660. The summed E-state index contributed by atoms with van der Waals surface area (Å²) in [6.45, 7) is -0.159. The Hall–Kier alpha value is -4.82. The number of hydrogen-bond acceptors (Lipinski definition) is 5. The lowest BCUT2D eigenvalue weighted by Gasteiger charge is -2.45. The molecule has 0 N–H and O–H groups in total. The van der Waals surface area contributed by atoms with Gasteiger partial charge in [-0.05, 0) is 39.9 Å². The summed E-state index contributed by atoms with van der Waals surface area (Å²) in [7, 11) is 0. The average molecular weight is 564 g/mol. The minimum Gasteiger partial charge on any atom is -0.272 e. The van der Waals surface area contributed by atoms with Crippen LogP contribution >= 0.6 is 11.6 Å². The number of carbonyl (C=O) groups excluding carboxylic acids is 3. The molecular weight excluding hydrogens is 542 g/mol. The van der Waals surface area contributed by atoms with Crippen molar-refractivity contribution in [2.45, 2.75) is 18.4 Å². The lowest BCUT2D eigenvalue weighted by molar-refractivity contribution is -0.384. The Morgan fingerprint density at radius 1 is 0.756 bits per heavy atom. The lowest BCUT2D eigenvalue weighted by Crippen LogP contribution is -2.50. The first kappa shape index (κ1) is 25.2. The number of carbonyl (C=O) groups is 3. The van der Waals surface area contributed by atoms with Crippen LogP contribution in [0.3, 0.4) is 0 Å². The SMILES string of the molecule is O=C(c1ccccc1Cl)N(Cc1ccc([N+](=O)[O-])cc1)N1C(=O)[C@@H]2C3c4ccccc4C(c4ccccc43)[C@@H]2C1=O. The number of nitrogens with zero attached hydrogens (tertiary/aromatic N) is 3. The molecule has 4 aromatic carbocycles. The number of hydrogen-bond donors (Lipinski definition) is 0. The summed E-state index contributed by atoms with van der Waals surface area (Å²) in [4.78, 5) is 53.4. The molecule has 0 spiro atoms. The van der Waals surface area contributed by atoms with E-state index in [4.69, 9.17) is 11.6 Å². The fraction of sp³-hybridized carbons (Fsp3) is 0.156. The van der Waals surface area contributed by atoms with Gasteiger partial charge in [-0.3, -0.25) is 24.5 Å². The molecule has 4 aliphatic rings. The third-order valence-corrected chi connectivity index (χ3v) is 8.81. The van der Waals surface area contributed by atoms with Crippen molar-refractivity contribution in [3.05, 3.63) is 146 Å². The highest BCUT2D eigenvalue weighted by Gasteiger charge is 2.63. The Labute approximate surface area is 239 Å². The van der Waals surface area contributed by atoms with Gasteiger partial charge in [0.15, 0.2) is 0 Å². The summed E-state index contributed by atoms with van der Waals surface area (Å²) < 4.78 is 0. The van der Waals surface area contributed by atoms with Gasteiger partial charge in [-0.25, -0.2) is 5.01 Å². The summed E-state index contributed by atoms with van der Waals surface area (Å²) in [5, 5.41) is 13.5. The predicted molar refractivity (Wildman–Crippen MR) is 150 cm³/mol. The third-order valence-electron chi connectivity index (χ3n) is 8.48. The summed E-state index contributed by atoms with van der Waals surface area (Å²) in [6.07, 6.45) is 0. The van der Waals surface area contributed by atoms with E-state index in [2.05, 4.69) is 0 Å². The highest BCUT2D eigenvalue weighted by Crippen LogP contribution is 2.61. The van der Waals surface area contributed by atoms with E-state index in [0.717, 1.165) is 32.3 Å². The first-order valence-corrected chi connectivity index (χ1v) is 13.6. The summed E-state index contributed by atoms with van der Waals surface area (Å²) in [5.74, 6) is -3.49. The molecule has 0 saturated carbocycles. The molecule has 3 amide bonds. The first-order chi connectivity index (χ1) is 19.9. The maximum absolute atomic E-state index is 14.3. The molecule has 9 heteroatoms. The quantitative estimate of drug-likeness (QED) is 0.176. The number of nitro benzene ring substituents is 1. The summed E-state index contributed by atoms with van der Waals surface area (Å²) >= 11 is 6.39. The molecule has 4 aromatic rings. The maximum atomic E-state index is 14.3. The molecule has 1 heterocycles. The van der Waals surface area contributed by atoms with Crippen LogP contribution in [-0.2, 0) is 16.1 Å². The van der Waals surface area contributed by atoms with Gasteiger partial charge in [0.1, 0.15) is 0 Å². The van der Waals surface area contributed by atoms with Gasteiger partial charge in [0.25, 0.3) is 23.4 Å². The van der Waals surface area contributed by atoms with E-state index in [-0.39, 0.29) is 34.7 Å². The standard InChI is InChI=1S/C32H22ClN3O5/c33-25-12-6-5-11-24(25)30(37)34(17-18-13-15-19(16-14-18)36(40)41)35-31(38)28-26-20-7-1-2-8-21(20)27(29(28)32(35)39)23-10-4-3-9-22(23)26/h1-16,26-29H,17H2/t26?,27?,28-,29+. The van der Waals surface area contributed by atoms with Crippen LogP contribution in [-0.4, -0.2) is 32.7 Å². The number of halogens is 1. The van der Waals surface area contributed by atoms with Crippen LogP contribution in [0.15, 0.2) is 97.1 Å². The van der Waals surface area contributed by atoms with E-state index >= 15 is 0 Å². The van der Waals surface area contributed by atoms with Gasteiger partial charge in [-0.1, -0.05) is 84.4 Å². The van der Waals surface area contributed by atoms with E-state index in [1.807, 2.05) is 48.5 Å². The zero-order valence-corrected chi connectivity index (χ0v) is 22.3. The topological polar surface area (TPSA) is 101 Å². The molecule has 202 valence electrons. The summed E-state index contributed by atoms with van der Waals surface area (Å²) in [6, 6.07) is 28.0. The number of rotatable bonds is 5. The molecule has 1 fully saturated rings. The van der Waals surface area contributed by atoms with Crippen LogP contribution in [0.25, 0.3) is 0 Å². The maximum Gasteiger partial charge on any atom is 0.274 e. The van der Waals surface area contributed by atoms with E-state index in [9.17, 15) is 24.5 Å². The molecule has 0 radical (unpaired) electrons. The summed E-state index contributed by atoms with van der Waals surface area (Å²) in [5.41, 5.74) is 4.66. The predicted octanol–water partition coefficient (Wildman–Crippen LogP) is 5.70. The van der Waals surface area contributed by atoms with Crippen LogP contribution in [0.4, 0.5) is 5.69 Å². The average Bonchev–Trinajstić information content (AvgIpc) is 3.26. The second kappa shape index (κ2) is 9.38. The van der Waals surface area contributed by atoms with Crippen molar-refractivity contribution >= 4 is 35.0 Å². The molecule has 3 aliphatic carbocycles. The Morgan fingerprint density at radius 3 is 1.68 bits per heavy atom. The van der Waals surface area contributed by atoms with Gasteiger partial charge in [-0.15, -0.1) is 0 Å². The second-order valence-electron chi connectivity index (χ2n) is 10.5. The van der Waals surface area contributed by atoms with Crippen LogP contribution in [0.5, 0.6) is 0 Å². The largest absolute Gasteiger partial charge is 0.274 e. The molecule has 2 bridgehead atoms. The Kier molecular flexibility index (Phi) is 5.76. The molecule has 1 aliphatic heterocycles. The molecule has 8 rings (SSSR count). The van der Waals surface area contributed by atoms with E-state index in [1.165, 1.54) is 24.3 Å². The van der Waals surface area contributed by atoms with E-state index in [1.54, 1.807) is 24.3 Å². The molecule has 2 atom stereocenters. The van der Waals surface area contributed by atoms with Gasteiger partial charge in [0.05, 0.1) is 33.9 Å². The van der Waals surface area contributed by atoms with Crippen molar-refractivity contribution in [3.63, 3.8) is 0 Å². The molecular formula is C32H22ClN3O5. The number of benzene rings is 4. The van der Waals surface area contributed by atoms with Crippen molar-refractivity contribution < 1.29 is 19.3 Å². The third kappa shape index (κ3) is 3.71. The van der Waals surface area contributed by atoms with Gasteiger partial charge < -0.3 is 0 Å². The van der Waals surface area contributed by atoms with Gasteiger partial charge >= 0.3 is 0 Å². The monoisotopic (exact) mass is 563 g/mol. The normalized spacial score (nSPS) is 21.7. The minimum absolute atomic E-state index is 0.107. The van der Waals surface area contributed by atoms with E-state index < -0.39 is 34.5 Å². The van der Waals surface area contributed by atoms with Crippen molar-refractivity contribution in [1.82, 2.24) is 10.0 Å². The van der Waals surface area contributed by atoms with Crippen molar-refractivity contribution in [1.29, 1.82) is 0 Å². The first-order valence-electron chi connectivity index (χ1n) is 13.2. The smallest absolute Gasteiger partial charge is 0.272 e. The number of amides is 3. The highest BCUT2D eigenvalue weighted by molar-refractivity contribution is 6.33. The van der Waals surface area contributed by atoms with Crippen LogP contribution in [0.1, 0.15) is 50.0 Å². The second-order valence-corrected chi connectivity index (χ2v) is 10.9. The van der Waals surface area contributed by atoms with Gasteiger partial charge in [-0.2, -0.15) is 5.01 Å². The van der Waals surface area contributed by atoms with Crippen molar-refractivity contribution in [2.24, 2.45) is 11.8 Å².